The second-order valence-electron chi connectivity index (χ2n) is 5.26. The average molecular weight is 262 g/mol. The van der Waals surface area contributed by atoms with Crippen LogP contribution in [0.25, 0.3) is 0 Å². The molecule has 0 radical (unpaired) electrons. The lowest BCUT2D eigenvalue weighted by Gasteiger charge is -2.26. The van der Waals surface area contributed by atoms with Crippen molar-refractivity contribution in [2.24, 2.45) is 5.73 Å². The predicted molar refractivity (Wildman–Crippen MR) is 79.1 cm³/mol. The molecule has 1 aromatic rings. The summed E-state index contributed by atoms with van der Waals surface area (Å²) in [6.45, 7) is 5.03. The molecule has 0 aliphatic carbocycles. The van der Waals surface area contributed by atoms with Crippen LogP contribution in [0.3, 0.4) is 0 Å². The van der Waals surface area contributed by atoms with Crippen molar-refractivity contribution < 1.29 is 4.74 Å². The van der Waals surface area contributed by atoms with Crippen molar-refractivity contribution in [3.63, 3.8) is 0 Å². The average Bonchev–Trinajstić information content (AvgIpc) is 2.49. The van der Waals surface area contributed by atoms with E-state index < -0.39 is 0 Å². The molecule has 0 spiro atoms. The summed E-state index contributed by atoms with van der Waals surface area (Å²) in [5, 5.41) is 0. The van der Waals surface area contributed by atoms with E-state index in [0.29, 0.717) is 6.54 Å². The van der Waals surface area contributed by atoms with E-state index in [0.717, 1.165) is 19.6 Å². The molecule has 0 bridgehead atoms. The monoisotopic (exact) mass is 262 g/mol. The number of piperidine rings is 1. The molecule has 1 unspecified atom stereocenters. The number of likely N-dealkylation sites (tertiary alicyclic amines) is 1. The summed E-state index contributed by atoms with van der Waals surface area (Å²) in [5.41, 5.74) is 6.98. The van der Waals surface area contributed by atoms with E-state index in [-0.39, 0.29) is 6.10 Å². The Morgan fingerprint density at radius 2 is 1.84 bits per heavy atom. The number of nitrogens with zero attached hydrogens (tertiary/aromatic N) is 1. The zero-order chi connectivity index (χ0) is 13.3. The number of nitrogens with two attached hydrogens (primary N) is 1. The minimum Gasteiger partial charge on any atom is -0.372 e. The van der Waals surface area contributed by atoms with Gasteiger partial charge in [-0.15, -0.1) is 0 Å². The topological polar surface area (TPSA) is 38.5 Å². The maximum atomic E-state index is 5.92. The highest BCUT2D eigenvalue weighted by Gasteiger charge is 2.11. The Labute approximate surface area is 116 Å². The molecule has 19 heavy (non-hydrogen) atoms. The summed E-state index contributed by atoms with van der Waals surface area (Å²) in [6.07, 6.45) is 5.26. The molecule has 106 valence electrons. The van der Waals surface area contributed by atoms with Crippen molar-refractivity contribution in [3.8, 4) is 0 Å². The highest BCUT2D eigenvalue weighted by atomic mass is 16.5. The van der Waals surface area contributed by atoms with Crippen molar-refractivity contribution in [1.82, 2.24) is 4.90 Å². The van der Waals surface area contributed by atoms with E-state index in [1.165, 1.54) is 37.9 Å². The fourth-order valence-corrected chi connectivity index (χ4v) is 2.66. The molecule has 1 aromatic carbocycles. The summed E-state index contributed by atoms with van der Waals surface area (Å²) in [5.74, 6) is 0. The van der Waals surface area contributed by atoms with Crippen LogP contribution in [0.2, 0.25) is 0 Å². The van der Waals surface area contributed by atoms with Gasteiger partial charge >= 0.3 is 0 Å². The third kappa shape index (κ3) is 4.94. The molecule has 0 saturated carbocycles. The van der Waals surface area contributed by atoms with Crippen molar-refractivity contribution >= 4 is 0 Å². The van der Waals surface area contributed by atoms with Gasteiger partial charge in [-0.2, -0.15) is 0 Å². The van der Waals surface area contributed by atoms with Gasteiger partial charge in [-0.25, -0.2) is 0 Å². The second kappa shape index (κ2) is 8.31. The number of hydrogen-bond acceptors (Lipinski definition) is 3. The third-order valence-electron chi connectivity index (χ3n) is 3.77. The van der Waals surface area contributed by atoms with Crippen LogP contribution in [0, 0.1) is 0 Å². The lowest BCUT2D eigenvalue weighted by Crippen LogP contribution is -2.31. The summed E-state index contributed by atoms with van der Waals surface area (Å²) < 4.78 is 5.92. The maximum Gasteiger partial charge on any atom is 0.0947 e. The molecule has 3 nitrogen and oxygen atoms in total. The molecular formula is C16H26N2O. The van der Waals surface area contributed by atoms with Gasteiger partial charge < -0.3 is 15.4 Å². The van der Waals surface area contributed by atoms with Gasteiger partial charge in [-0.1, -0.05) is 36.8 Å². The van der Waals surface area contributed by atoms with Gasteiger partial charge in [0.05, 0.1) is 6.10 Å². The molecule has 1 aliphatic heterocycles. The number of hydrogen-bond donors (Lipinski definition) is 1. The molecule has 1 heterocycles. The molecule has 0 aromatic heterocycles. The van der Waals surface area contributed by atoms with Gasteiger partial charge in [0.2, 0.25) is 0 Å². The smallest absolute Gasteiger partial charge is 0.0947 e. The quantitative estimate of drug-likeness (QED) is 0.768. The minimum atomic E-state index is 0.0440. The second-order valence-corrected chi connectivity index (χ2v) is 5.26. The summed E-state index contributed by atoms with van der Waals surface area (Å²) in [7, 11) is 0. The van der Waals surface area contributed by atoms with Crippen molar-refractivity contribution in [3.05, 3.63) is 35.9 Å². The van der Waals surface area contributed by atoms with Gasteiger partial charge in [0.25, 0.3) is 0 Å². The van der Waals surface area contributed by atoms with E-state index in [1.807, 2.05) is 18.2 Å². The van der Waals surface area contributed by atoms with Gasteiger partial charge in [-0.3, -0.25) is 0 Å². The lowest BCUT2D eigenvalue weighted by molar-refractivity contribution is 0.0505. The largest absolute Gasteiger partial charge is 0.372 e. The maximum absolute atomic E-state index is 5.92. The zero-order valence-corrected chi connectivity index (χ0v) is 11.8. The Bertz CT molecular complexity index is 336. The van der Waals surface area contributed by atoms with E-state index in [9.17, 15) is 0 Å². The third-order valence-corrected chi connectivity index (χ3v) is 3.77. The van der Waals surface area contributed by atoms with Gasteiger partial charge in [0.15, 0.2) is 0 Å². The van der Waals surface area contributed by atoms with Crippen LogP contribution in [0.5, 0.6) is 0 Å². The molecule has 1 aliphatic rings. The highest BCUT2D eigenvalue weighted by molar-refractivity contribution is 5.17. The molecule has 3 heteroatoms. The molecular weight excluding hydrogens is 236 g/mol. The van der Waals surface area contributed by atoms with Gasteiger partial charge in [0.1, 0.15) is 0 Å². The van der Waals surface area contributed by atoms with Crippen LogP contribution in [-0.4, -0.2) is 37.7 Å². The Morgan fingerprint density at radius 3 is 2.53 bits per heavy atom. The van der Waals surface area contributed by atoms with E-state index in [1.54, 1.807) is 0 Å². The van der Waals surface area contributed by atoms with Gasteiger partial charge in [-0.05, 0) is 37.9 Å². The Morgan fingerprint density at radius 1 is 1.11 bits per heavy atom. The summed E-state index contributed by atoms with van der Waals surface area (Å²) in [6, 6.07) is 10.3. The van der Waals surface area contributed by atoms with E-state index in [2.05, 4.69) is 17.0 Å². The SMILES string of the molecule is NCC(OCCCN1CCCCC1)c1ccccc1. The van der Waals surface area contributed by atoms with Crippen LogP contribution >= 0.6 is 0 Å². The Balaban J connectivity index is 1.66. The highest BCUT2D eigenvalue weighted by Crippen LogP contribution is 2.16. The molecule has 1 atom stereocenters. The van der Waals surface area contributed by atoms with E-state index >= 15 is 0 Å². The van der Waals surface area contributed by atoms with Crippen LogP contribution in [0.4, 0.5) is 0 Å². The summed E-state index contributed by atoms with van der Waals surface area (Å²) >= 11 is 0. The first-order chi connectivity index (χ1) is 9.40. The predicted octanol–water partition coefficient (Wildman–Crippen LogP) is 2.58. The fraction of sp³-hybridized carbons (Fsp3) is 0.625. The number of ether oxygens (including phenoxy) is 1. The normalized spacial score (nSPS) is 18.4. The molecule has 2 rings (SSSR count). The first-order valence-corrected chi connectivity index (χ1v) is 7.49. The first kappa shape index (κ1) is 14.5. The number of rotatable bonds is 7. The Kier molecular flexibility index (Phi) is 6.34. The first-order valence-electron chi connectivity index (χ1n) is 7.49. The van der Waals surface area contributed by atoms with Crippen LogP contribution in [-0.2, 0) is 4.74 Å². The molecule has 1 fully saturated rings. The van der Waals surface area contributed by atoms with Crippen molar-refractivity contribution in [2.75, 3.05) is 32.8 Å². The van der Waals surface area contributed by atoms with Crippen LogP contribution in [0.15, 0.2) is 30.3 Å². The van der Waals surface area contributed by atoms with Crippen molar-refractivity contribution in [2.45, 2.75) is 31.8 Å². The lowest BCUT2D eigenvalue weighted by atomic mass is 10.1. The van der Waals surface area contributed by atoms with Gasteiger partial charge in [0, 0.05) is 19.7 Å². The standard InChI is InChI=1S/C16H26N2O/c17-14-16(15-8-3-1-4-9-15)19-13-7-12-18-10-5-2-6-11-18/h1,3-4,8-9,16H,2,5-7,10-14,17H2. The Hall–Kier alpha value is -0.900. The van der Waals surface area contributed by atoms with Crippen LogP contribution < -0.4 is 5.73 Å². The zero-order valence-electron chi connectivity index (χ0n) is 11.8. The summed E-state index contributed by atoms with van der Waals surface area (Å²) in [4.78, 5) is 2.55. The van der Waals surface area contributed by atoms with Crippen molar-refractivity contribution in [1.29, 1.82) is 0 Å². The molecule has 2 N–H and O–H groups in total. The minimum absolute atomic E-state index is 0.0440. The van der Waals surface area contributed by atoms with E-state index in [4.69, 9.17) is 10.5 Å². The molecule has 0 amide bonds. The molecule has 1 saturated heterocycles. The number of benzene rings is 1. The van der Waals surface area contributed by atoms with Crippen LogP contribution in [0.1, 0.15) is 37.4 Å². The fourth-order valence-electron chi connectivity index (χ4n) is 2.66.